The number of carbonyl (C=O) groups is 1. The Balaban J connectivity index is 2.03. The zero-order valence-corrected chi connectivity index (χ0v) is 11.3. The second-order valence-corrected chi connectivity index (χ2v) is 4.83. The monoisotopic (exact) mass is 266 g/mol. The summed E-state index contributed by atoms with van der Waals surface area (Å²) in [5.41, 5.74) is 0.550. The summed E-state index contributed by atoms with van der Waals surface area (Å²) >= 11 is 0. The predicted octanol–water partition coefficient (Wildman–Crippen LogP) is 1.80. The van der Waals surface area contributed by atoms with Crippen LogP contribution in [0.5, 0.6) is 5.75 Å². The van der Waals surface area contributed by atoms with Crippen molar-refractivity contribution in [3.05, 3.63) is 24.0 Å². The summed E-state index contributed by atoms with van der Waals surface area (Å²) in [6.07, 6.45) is 1.52. The van der Waals surface area contributed by atoms with Crippen LogP contribution in [0.1, 0.15) is 12.8 Å². The first-order chi connectivity index (χ1) is 9.11. The molecule has 1 N–H and O–H groups in total. The van der Waals surface area contributed by atoms with Crippen LogP contribution >= 0.6 is 0 Å². The molecule has 1 aromatic rings. The molecule has 0 aromatic heterocycles. The van der Waals surface area contributed by atoms with Crippen LogP contribution in [-0.4, -0.2) is 33.2 Å². The number of hydrogen-bond donors (Lipinski definition) is 1. The summed E-state index contributed by atoms with van der Waals surface area (Å²) in [6.45, 7) is 1.86. The smallest absolute Gasteiger partial charge is 0.227 e. The van der Waals surface area contributed by atoms with Gasteiger partial charge in [-0.15, -0.1) is 0 Å². The average molecular weight is 266 g/mol. The van der Waals surface area contributed by atoms with Crippen molar-refractivity contribution in [2.24, 2.45) is 5.92 Å². The van der Waals surface area contributed by atoms with Crippen LogP contribution in [0.25, 0.3) is 0 Å². The summed E-state index contributed by atoms with van der Waals surface area (Å²) in [5, 5.41) is 3.23. The van der Waals surface area contributed by atoms with Crippen molar-refractivity contribution in [2.45, 2.75) is 12.8 Å². The first kappa shape index (κ1) is 13.8. The Morgan fingerprint density at radius 2 is 2.37 bits per heavy atom. The van der Waals surface area contributed by atoms with Gasteiger partial charge in [-0.1, -0.05) is 0 Å². The number of nitrogens with one attached hydrogen (secondary N) is 1. The molecule has 5 heteroatoms. The molecule has 0 saturated carbocycles. The van der Waals surface area contributed by atoms with E-state index in [0.29, 0.717) is 18.0 Å². The van der Waals surface area contributed by atoms with E-state index >= 15 is 0 Å². The maximum Gasteiger partial charge on any atom is 0.227 e. The van der Waals surface area contributed by atoms with Crippen molar-refractivity contribution >= 4 is 11.6 Å². The number of anilines is 1. The largest absolute Gasteiger partial charge is 0.494 e. The molecule has 1 amide bonds. The SMILES string of the molecule is COc1ccc(N(C)C(=O)CC2CCNC2)cc1F. The van der Waals surface area contributed by atoms with Crippen LogP contribution in [0.2, 0.25) is 0 Å². The van der Waals surface area contributed by atoms with E-state index in [1.807, 2.05) is 0 Å². The molecule has 2 rings (SSSR count). The number of halogens is 1. The molecule has 0 radical (unpaired) electrons. The van der Waals surface area contributed by atoms with Crippen LogP contribution in [0.3, 0.4) is 0 Å². The van der Waals surface area contributed by atoms with E-state index in [9.17, 15) is 9.18 Å². The number of methoxy groups -OCH3 is 1. The topological polar surface area (TPSA) is 41.6 Å². The molecule has 1 heterocycles. The number of rotatable bonds is 4. The Morgan fingerprint density at radius 1 is 1.58 bits per heavy atom. The van der Waals surface area contributed by atoms with Gasteiger partial charge in [0.05, 0.1) is 7.11 Å². The van der Waals surface area contributed by atoms with Crippen LogP contribution in [0, 0.1) is 11.7 Å². The van der Waals surface area contributed by atoms with Gasteiger partial charge in [0.2, 0.25) is 5.91 Å². The van der Waals surface area contributed by atoms with Crippen LogP contribution < -0.4 is 15.0 Å². The maximum atomic E-state index is 13.6. The quantitative estimate of drug-likeness (QED) is 0.903. The highest BCUT2D eigenvalue weighted by atomic mass is 19.1. The molecule has 1 aliphatic heterocycles. The Kier molecular flexibility index (Phi) is 4.37. The van der Waals surface area contributed by atoms with Gasteiger partial charge in [-0.3, -0.25) is 4.79 Å². The fourth-order valence-electron chi connectivity index (χ4n) is 2.28. The van der Waals surface area contributed by atoms with Crippen molar-refractivity contribution in [3.8, 4) is 5.75 Å². The highest BCUT2D eigenvalue weighted by Crippen LogP contribution is 2.24. The number of ether oxygens (including phenoxy) is 1. The summed E-state index contributed by atoms with van der Waals surface area (Å²) < 4.78 is 18.5. The predicted molar refractivity (Wildman–Crippen MR) is 72.0 cm³/mol. The first-order valence-electron chi connectivity index (χ1n) is 6.42. The fourth-order valence-corrected chi connectivity index (χ4v) is 2.28. The van der Waals surface area contributed by atoms with E-state index in [4.69, 9.17) is 4.74 Å². The lowest BCUT2D eigenvalue weighted by Gasteiger charge is -2.19. The molecule has 0 aliphatic carbocycles. The van der Waals surface area contributed by atoms with Gasteiger partial charge in [0.1, 0.15) is 0 Å². The summed E-state index contributed by atoms with van der Waals surface area (Å²) in [5.74, 6) is 0.128. The summed E-state index contributed by atoms with van der Waals surface area (Å²) in [7, 11) is 3.09. The second kappa shape index (κ2) is 6.02. The minimum atomic E-state index is -0.456. The zero-order chi connectivity index (χ0) is 13.8. The van der Waals surface area contributed by atoms with Gasteiger partial charge in [0, 0.05) is 25.2 Å². The van der Waals surface area contributed by atoms with Gasteiger partial charge in [-0.25, -0.2) is 4.39 Å². The average Bonchev–Trinajstić information content (AvgIpc) is 2.90. The van der Waals surface area contributed by atoms with E-state index in [1.54, 1.807) is 13.1 Å². The molecule has 1 aromatic carbocycles. The molecule has 1 unspecified atom stereocenters. The Morgan fingerprint density at radius 3 is 2.95 bits per heavy atom. The third kappa shape index (κ3) is 3.23. The van der Waals surface area contributed by atoms with E-state index in [1.165, 1.54) is 24.1 Å². The van der Waals surface area contributed by atoms with Gasteiger partial charge in [0.25, 0.3) is 0 Å². The number of hydrogen-bond acceptors (Lipinski definition) is 3. The van der Waals surface area contributed by atoms with Crippen molar-refractivity contribution < 1.29 is 13.9 Å². The highest BCUT2D eigenvalue weighted by Gasteiger charge is 2.21. The van der Waals surface area contributed by atoms with Crippen molar-refractivity contribution in [1.29, 1.82) is 0 Å². The van der Waals surface area contributed by atoms with Gasteiger partial charge < -0.3 is 15.0 Å². The van der Waals surface area contributed by atoms with Gasteiger partial charge in [-0.05, 0) is 37.6 Å². The number of benzene rings is 1. The fraction of sp³-hybridized carbons (Fsp3) is 0.500. The van der Waals surface area contributed by atoms with Crippen LogP contribution in [0.4, 0.5) is 10.1 Å². The standard InChI is InChI=1S/C14H19FN2O2/c1-17(14(18)7-10-5-6-16-9-10)11-3-4-13(19-2)12(15)8-11/h3-4,8,10,16H,5-7,9H2,1-2H3. The highest BCUT2D eigenvalue weighted by molar-refractivity contribution is 5.93. The molecule has 104 valence electrons. The summed E-state index contributed by atoms with van der Waals surface area (Å²) in [6, 6.07) is 4.54. The number of carbonyl (C=O) groups excluding carboxylic acids is 1. The Bertz CT molecular complexity index is 459. The van der Waals surface area contributed by atoms with Crippen LogP contribution in [0.15, 0.2) is 18.2 Å². The number of nitrogens with zero attached hydrogens (tertiary/aromatic N) is 1. The van der Waals surface area contributed by atoms with E-state index in [2.05, 4.69) is 5.32 Å². The Labute approximate surface area is 112 Å². The first-order valence-corrected chi connectivity index (χ1v) is 6.42. The molecule has 1 aliphatic rings. The minimum absolute atomic E-state index is 0.0123. The van der Waals surface area contributed by atoms with E-state index < -0.39 is 5.82 Å². The molecule has 0 spiro atoms. The molecule has 1 fully saturated rings. The summed E-state index contributed by atoms with van der Waals surface area (Å²) in [4.78, 5) is 13.6. The van der Waals surface area contributed by atoms with E-state index in [0.717, 1.165) is 19.5 Å². The molecule has 1 atom stereocenters. The molecule has 19 heavy (non-hydrogen) atoms. The lowest BCUT2D eigenvalue weighted by molar-refractivity contribution is -0.119. The second-order valence-electron chi connectivity index (χ2n) is 4.83. The lowest BCUT2D eigenvalue weighted by atomic mass is 10.0. The molecular formula is C14H19FN2O2. The van der Waals surface area contributed by atoms with Crippen LogP contribution in [-0.2, 0) is 4.79 Å². The minimum Gasteiger partial charge on any atom is -0.494 e. The van der Waals surface area contributed by atoms with Gasteiger partial charge >= 0.3 is 0 Å². The van der Waals surface area contributed by atoms with Crippen molar-refractivity contribution in [3.63, 3.8) is 0 Å². The third-order valence-corrected chi connectivity index (χ3v) is 3.52. The molecule has 0 bridgehead atoms. The van der Waals surface area contributed by atoms with Gasteiger partial charge in [-0.2, -0.15) is 0 Å². The number of amides is 1. The van der Waals surface area contributed by atoms with E-state index in [-0.39, 0.29) is 11.7 Å². The lowest BCUT2D eigenvalue weighted by Crippen LogP contribution is -2.28. The van der Waals surface area contributed by atoms with Gasteiger partial charge in [0.15, 0.2) is 11.6 Å². The van der Waals surface area contributed by atoms with Crippen molar-refractivity contribution in [1.82, 2.24) is 5.32 Å². The van der Waals surface area contributed by atoms with Crippen molar-refractivity contribution in [2.75, 3.05) is 32.1 Å². The normalized spacial score (nSPS) is 18.4. The maximum absolute atomic E-state index is 13.6. The molecular weight excluding hydrogens is 247 g/mol. The molecule has 1 saturated heterocycles. The Hall–Kier alpha value is -1.62. The zero-order valence-electron chi connectivity index (χ0n) is 11.3. The molecule has 4 nitrogen and oxygen atoms in total. The third-order valence-electron chi connectivity index (χ3n) is 3.52.